The van der Waals surface area contributed by atoms with Crippen molar-refractivity contribution >= 4 is 0 Å². The molecule has 2 rings (SSSR count). The summed E-state index contributed by atoms with van der Waals surface area (Å²) in [5, 5.41) is 7.57. The van der Waals surface area contributed by atoms with Gasteiger partial charge in [0.25, 0.3) is 0 Å². The van der Waals surface area contributed by atoms with Gasteiger partial charge in [-0.25, -0.2) is 0 Å². The third-order valence-electron chi connectivity index (χ3n) is 3.58. The number of hydrogen-bond donors (Lipinski definition) is 0. The average Bonchev–Trinajstić information content (AvgIpc) is 2.75. The zero-order valence-corrected chi connectivity index (χ0v) is 10.2. The largest absolute Gasteiger partial charge is 0.314 e. The lowest BCUT2D eigenvalue weighted by Gasteiger charge is -2.43. The molecule has 0 radical (unpaired) electrons. The highest BCUT2D eigenvalue weighted by Gasteiger charge is 2.71. The average molecular weight is 265 g/mol. The third-order valence-corrected chi connectivity index (χ3v) is 3.58. The van der Waals surface area contributed by atoms with Crippen LogP contribution in [0, 0.1) is 5.92 Å². The molecule has 0 N–H and O–H groups in total. The normalized spacial score (nSPS) is 26.7. The molecule has 2 atom stereocenters. The van der Waals surface area contributed by atoms with Crippen molar-refractivity contribution in [2.45, 2.75) is 51.0 Å². The zero-order chi connectivity index (χ0) is 13.6. The monoisotopic (exact) mass is 265 g/mol. The zero-order valence-electron chi connectivity index (χ0n) is 10.2. The molecule has 0 amide bonds. The van der Waals surface area contributed by atoms with Crippen molar-refractivity contribution in [2.24, 2.45) is 5.92 Å². The number of rotatable bonds is 4. The molecule has 0 saturated heterocycles. The van der Waals surface area contributed by atoms with Gasteiger partial charge in [0.2, 0.25) is 0 Å². The van der Waals surface area contributed by atoms with Crippen LogP contribution in [-0.4, -0.2) is 26.8 Å². The first-order chi connectivity index (χ1) is 8.28. The first kappa shape index (κ1) is 13.3. The Morgan fingerprint density at radius 1 is 1.44 bits per heavy atom. The quantitative estimate of drug-likeness (QED) is 0.783. The first-order valence-electron chi connectivity index (χ1n) is 5.93. The molecule has 1 aliphatic carbocycles. The smallest absolute Gasteiger partial charge is 0.252 e. The first-order valence-corrected chi connectivity index (χ1v) is 5.93. The molecule has 0 bridgehead atoms. The third kappa shape index (κ3) is 1.99. The van der Waals surface area contributed by atoms with Crippen LogP contribution in [0.2, 0.25) is 0 Å². The molecular weight excluding hydrogens is 250 g/mol. The van der Waals surface area contributed by atoms with E-state index in [1.807, 2.05) is 13.8 Å². The maximum atomic E-state index is 13.1. The van der Waals surface area contributed by atoms with Gasteiger partial charge in [0.15, 0.2) is 0 Å². The summed E-state index contributed by atoms with van der Waals surface area (Å²) >= 11 is 0. The van der Waals surface area contributed by atoms with Crippen molar-refractivity contribution < 1.29 is 17.6 Å². The van der Waals surface area contributed by atoms with Crippen molar-refractivity contribution in [3.8, 4) is 0 Å². The summed E-state index contributed by atoms with van der Waals surface area (Å²) in [5.41, 5.74) is 0.701. The Morgan fingerprint density at radius 2 is 2.11 bits per heavy atom. The number of aromatic nitrogens is 3. The fourth-order valence-corrected chi connectivity index (χ4v) is 1.98. The lowest BCUT2D eigenvalue weighted by Crippen LogP contribution is -2.59. The Balaban J connectivity index is 2.02. The van der Waals surface area contributed by atoms with E-state index in [0.29, 0.717) is 5.69 Å². The summed E-state index contributed by atoms with van der Waals surface area (Å²) in [7, 11) is 0. The molecule has 18 heavy (non-hydrogen) atoms. The molecule has 0 spiro atoms. The maximum Gasteiger partial charge on any atom is 0.314 e. The summed E-state index contributed by atoms with van der Waals surface area (Å²) in [6, 6.07) is 0. The highest BCUT2D eigenvalue weighted by atomic mass is 19.3. The van der Waals surface area contributed by atoms with Crippen LogP contribution < -0.4 is 0 Å². The molecule has 0 aromatic carbocycles. The van der Waals surface area contributed by atoms with Crippen LogP contribution in [0.5, 0.6) is 0 Å². The molecule has 2 unspecified atom stereocenters. The van der Waals surface area contributed by atoms with E-state index in [2.05, 4.69) is 10.3 Å². The summed E-state index contributed by atoms with van der Waals surface area (Å²) in [4.78, 5) is 0. The predicted molar refractivity (Wildman–Crippen MR) is 56.7 cm³/mol. The Hall–Kier alpha value is -1.14. The molecule has 3 nitrogen and oxygen atoms in total. The van der Waals surface area contributed by atoms with E-state index in [1.54, 1.807) is 6.20 Å². The van der Waals surface area contributed by atoms with E-state index in [-0.39, 0.29) is 12.5 Å². The molecule has 1 heterocycles. The lowest BCUT2D eigenvalue weighted by atomic mass is 9.77. The van der Waals surface area contributed by atoms with Gasteiger partial charge >= 0.3 is 11.8 Å². The van der Waals surface area contributed by atoms with Gasteiger partial charge in [-0.1, -0.05) is 19.1 Å². The summed E-state index contributed by atoms with van der Waals surface area (Å²) in [6.07, 6.45) is 1.62. The van der Waals surface area contributed by atoms with Gasteiger partial charge in [0.05, 0.1) is 18.2 Å². The Bertz CT molecular complexity index is 430. The Kier molecular flexibility index (Phi) is 3.11. The van der Waals surface area contributed by atoms with Crippen LogP contribution in [0.4, 0.5) is 17.6 Å². The highest BCUT2D eigenvalue weighted by Crippen LogP contribution is 2.55. The molecule has 7 heteroatoms. The maximum absolute atomic E-state index is 13.1. The molecule has 1 saturated carbocycles. The van der Waals surface area contributed by atoms with E-state index < -0.39 is 24.2 Å². The van der Waals surface area contributed by atoms with Crippen molar-refractivity contribution in [1.29, 1.82) is 0 Å². The topological polar surface area (TPSA) is 30.7 Å². The van der Waals surface area contributed by atoms with E-state index in [4.69, 9.17) is 0 Å². The highest BCUT2D eigenvalue weighted by molar-refractivity contribution is 5.04. The SMILES string of the molecule is CCC(C)c1cn(CC2CC(F)(F)C2(F)F)nn1. The molecule has 102 valence electrons. The van der Waals surface area contributed by atoms with Crippen LogP contribution in [0.15, 0.2) is 6.20 Å². The Labute approximate surface area is 102 Å². The molecule has 1 aliphatic rings. The van der Waals surface area contributed by atoms with E-state index in [9.17, 15) is 17.6 Å². The minimum atomic E-state index is -3.94. The van der Waals surface area contributed by atoms with Gasteiger partial charge in [-0.2, -0.15) is 17.6 Å². The summed E-state index contributed by atoms with van der Waals surface area (Å²) in [6.45, 7) is 3.71. The second kappa shape index (κ2) is 4.20. The van der Waals surface area contributed by atoms with Crippen molar-refractivity contribution in [3.63, 3.8) is 0 Å². The van der Waals surface area contributed by atoms with Crippen LogP contribution in [-0.2, 0) is 6.54 Å². The second-order valence-corrected chi connectivity index (χ2v) is 4.90. The number of alkyl halides is 4. The number of hydrogen-bond acceptors (Lipinski definition) is 2. The van der Waals surface area contributed by atoms with Gasteiger partial charge < -0.3 is 0 Å². The molecule has 0 aliphatic heterocycles. The van der Waals surface area contributed by atoms with Gasteiger partial charge in [0.1, 0.15) is 0 Å². The standard InChI is InChI=1S/C11H15F4N3/c1-3-7(2)9-6-18(17-16-9)5-8-4-10(12,13)11(8,14)15/h6-8H,3-5H2,1-2H3. The minimum Gasteiger partial charge on any atom is -0.252 e. The van der Waals surface area contributed by atoms with Gasteiger partial charge in [-0.05, 0) is 6.42 Å². The molecule has 1 fully saturated rings. The van der Waals surface area contributed by atoms with Gasteiger partial charge in [0, 0.05) is 18.5 Å². The summed E-state index contributed by atoms with van der Waals surface area (Å²) < 4.78 is 52.7. The van der Waals surface area contributed by atoms with E-state index in [1.165, 1.54) is 4.68 Å². The number of halogens is 4. The second-order valence-electron chi connectivity index (χ2n) is 4.90. The van der Waals surface area contributed by atoms with Crippen LogP contribution in [0.25, 0.3) is 0 Å². The van der Waals surface area contributed by atoms with Gasteiger partial charge in [-0.3, -0.25) is 4.68 Å². The van der Waals surface area contributed by atoms with Crippen LogP contribution >= 0.6 is 0 Å². The van der Waals surface area contributed by atoms with Gasteiger partial charge in [-0.15, -0.1) is 5.10 Å². The molecule has 1 aromatic heterocycles. The molecule has 1 aromatic rings. The fourth-order valence-electron chi connectivity index (χ4n) is 1.98. The summed E-state index contributed by atoms with van der Waals surface area (Å²) in [5.74, 6) is -8.99. The fraction of sp³-hybridized carbons (Fsp3) is 0.818. The van der Waals surface area contributed by atoms with Crippen molar-refractivity contribution in [2.75, 3.05) is 0 Å². The van der Waals surface area contributed by atoms with E-state index in [0.717, 1.165) is 6.42 Å². The van der Waals surface area contributed by atoms with Crippen LogP contribution in [0.1, 0.15) is 38.3 Å². The lowest BCUT2D eigenvalue weighted by molar-refractivity contribution is -0.316. The van der Waals surface area contributed by atoms with E-state index >= 15 is 0 Å². The number of nitrogens with zero attached hydrogens (tertiary/aromatic N) is 3. The van der Waals surface area contributed by atoms with Crippen LogP contribution in [0.3, 0.4) is 0 Å². The minimum absolute atomic E-state index is 0.182. The molecular formula is C11H15F4N3. The van der Waals surface area contributed by atoms with Crippen molar-refractivity contribution in [1.82, 2.24) is 15.0 Å². The Morgan fingerprint density at radius 3 is 2.61 bits per heavy atom. The van der Waals surface area contributed by atoms with Crippen molar-refractivity contribution in [3.05, 3.63) is 11.9 Å². The predicted octanol–water partition coefficient (Wildman–Crippen LogP) is 3.08.